The fourth-order valence-corrected chi connectivity index (χ4v) is 7.29. The molecule has 0 aromatic carbocycles. The Hall–Kier alpha value is -4.08. The van der Waals surface area contributed by atoms with Crippen LogP contribution in [0.25, 0.3) is 33.7 Å². The Labute approximate surface area is 284 Å². The summed E-state index contributed by atoms with van der Waals surface area (Å²) in [6.07, 6.45) is 11.4. The molecule has 0 fully saturated rings. The van der Waals surface area contributed by atoms with Crippen LogP contribution in [0.1, 0.15) is 164 Å². The number of allylic oxidation sites excluding steroid dienone is 2. The van der Waals surface area contributed by atoms with Gasteiger partial charge in [-0.1, -0.05) is 80.1 Å². The van der Waals surface area contributed by atoms with E-state index in [-0.39, 0.29) is 12.1 Å². The van der Waals surface area contributed by atoms with Crippen LogP contribution in [0, 0.1) is 0 Å². The highest BCUT2D eigenvalue weighted by atomic mass is 15.1. The maximum atomic E-state index is 5.33. The number of aryl methyl sites for hydroxylation is 4. The maximum Gasteiger partial charge on any atom is 0.160 e. The van der Waals surface area contributed by atoms with Crippen LogP contribution in [-0.2, 0) is 25.7 Å². The van der Waals surface area contributed by atoms with Gasteiger partial charge >= 0.3 is 0 Å². The van der Waals surface area contributed by atoms with Gasteiger partial charge in [0.15, 0.2) is 23.3 Å². The van der Waals surface area contributed by atoms with Gasteiger partial charge in [0.05, 0.1) is 11.4 Å². The minimum Gasteiger partial charge on any atom is -0.324 e. The van der Waals surface area contributed by atoms with Gasteiger partial charge in [-0.2, -0.15) is 0 Å². The molecule has 3 aromatic heterocycles. The van der Waals surface area contributed by atoms with Crippen molar-refractivity contribution in [1.82, 2.24) is 39.9 Å². The quantitative estimate of drug-likeness (QED) is 0.201. The number of fused-ring (bicyclic) bond motifs is 11. The Kier molecular flexibility index (Phi) is 10.3. The third kappa shape index (κ3) is 6.26. The number of hydrogen-bond donors (Lipinski definition) is 2. The van der Waals surface area contributed by atoms with Crippen molar-refractivity contribution >= 4 is 45.2 Å². The minimum absolute atomic E-state index is 0.327. The van der Waals surface area contributed by atoms with Crippen LogP contribution in [0.15, 0.2) is 9.98 Å². The molecule has 2 N–H and O–H groups in total. The molecule has 10 heteroatoms. The second-order valence-corrected chi connectivity index (χ2v) is 13.4. The zero-order valence-corrected chi connectivity index (χ0v) is 30.2. The average molecular weight is 649 g/mol. The smallest absolute Gasteiger partial charge is 0.160 e. The molecule has 10 nitrogen and oxygen atoms in total. The number of aromatic amines is 2. The Morgan fingerprint density at radius 1 is 0.417 bits per heavy atom. The monoisotopic (exact) mass is 648 g/mol. The third-order valence-electron chi connectivity index (χ3n) is 9.60. The van der Waals surface area contributed by atoms with E-state index in [0.717, 1.165) is 123 Å². The Balaban J connectivity index is 1.80. The van der Waals surface area contributed by atoms with E-state index < -0.39 is 0 Å². The molecule has 0 saturated carbocycles. The number of H-pyrrole nitrogens is 2. The largest absolute Gasteiger partial charge is 0.324 e. The Morgan fingerprint density at radius 3 is 1.08 bits per heavy atom. The average Bonchev–Trinajstić information content (AvgIpc) is 3.75. The normalized spacial score (nSPS) is 17.5. The summed E-state index contributed by atoms with van der Waals surface area (Å²) in [5, 5.41) is 0. The molecular formula is C38H52N10. The van der Waals surface area contributed by atoms with Crippen molar-refractivity contribution < 1.29 is 0 Å². The van der Waals surface area contributed by atoms with Crippen molar-refractivity contribution in [3.63, 3.8) is 0 Å². The molecule has 2 unspecified atom stereocenters. The van der Waals surface area contributed by atoms with Crippen molar-refractivity contribution in [2.24, 2.45) is 9.98 Å². The van der Waals surface area contributed by atoms with Crippen LogP contribution in [0.3, 0.4) is 0 Å². The molecule has 3 aliphatic rings. The van der Waals surface area contributed by atoms with Crippen molar-refractivity contribution in [2.75, 3.05) is 0 Å². The van der Waals surface area contributed by atoms with Crippen molar-refractivity contribution in [2.45, 2.75) is 145 Å². The molecule has 3 aromatic rings. The van der Waals surface area contributed by atoms with Crippen molar-refractivity contribution in [3.8, 4) is 0 Å². The summed E-state index contributed by atoms with van der Waals surface area (Å²) in [6.45, 7) is 17.4. The van der Waals surface area contributed by atoms with E-state index in [1.165, 1.54) is 33.4 Å². The second kappa shape index (κ2) is 14.6. The molecule has 0 aliphatic carbocycles. The van der Waals surface area contributed by atoms with Gasteiger partial charge < -0.3 is 9.97 Å². The van der Waals surface area contributed by atoms with E-state index in [1.54, 1.807) is 0 Å². The van der Waals surface area contributed by atoms with E-state index >= 15 is 0 Å². The summed E-state index contributed by atoms with van der Waals surface area (Å²) >= 11 is 0. The lowest BCUT2D eigenvalue weighted by Crippen LogP contribution is -2.18. The maximum absolute atomic E-state index is 5.33. The molecular weight excluding hydrogens is 596 g/mol. The van der Waals surface area contributed by atoms with Crippen LogP contribution < -0.4 is 0 Å². The number of nitrogens with zero attached hydrogens (tertiary/aromatic N) is 8. The van der Waals surface area contributed by atoms with Gasteiger partial charge in [-0.15, -0.1) is 0 Å². The fourth-order valence-electron chi connectivity index (χ4n) is 7.29. The van der Waals surface area contributed by atoms with Crippen LogP contribution in [0.4, 0.5) is 0 Å². The molecule has 48 heavy (non-hydrogen) atoms. The van der Waals surface area contributed by atoms with Gasteiger partial charge in [0, 0.05) is 33.4 Å². The molecule has 8 bridgehead atoms. The highest BCUT2D eigenvalue weighted by Crippen LogP contribution is 2.40. The highest BCUT2D eigenvalue weighted by molar-refractivity contribution is 6.41. The highest BCUT2D eigenvalue weighted by Gasteiger charge is 2.37. The number of aliphatic imine (C=N–C) groups is 2. The van der Waals surface area contributed by atoms with Gasteiger partial charge in [-0.05, 0) is 52.4 Å². The van der Waals surface area contributed by atoms with Crippen LogP contribution in [0.5, 0.6) is 0 Å². The molecule has 3 aliphatic heterocycles. The lowest BCUT2D eigenvalue weighted by Gasteiger charge is -2.18. The van der Waals surface area contributed by atoms with Crippen LogP contribution in [0.2, 0.25) is 0 Å². The molecule has 254 valence electrons. The van der Waals surface area contributed by atoms with Gasteiger partial charge in [-0.3, -0.25) is 9.98 Å². The van der Waals surface area contributed by atoms with Gasteiger partial charge in [-0.25, -0.2) is 29.9 Å². The summed E-state index contributed by atoms with van der Waals surface area (Å²) < 4.78 is 0. The number of hydrogen-bond acceptors (Lipinski definition) is 8. The van der Waals surface area contributed by atoms with Crippen molar-refractivity contribution in [1.29, 1.82) is 0 Å². The van der Waals surface area contributed by atoms with E-state index in [2.05, 4.69) is 51.5 Å². The third-order valence-corrected chi connectivity index (χ3v) is 9.60. The first-order chi connectivity index (χ1) is 23.3. The molecule has 2 atom stereocenters. The topological polar surface area (TPSA) is 134 Å². The van der Waals surface area contributed by atoms with Crippen LogP contribution >= 0.6 is 0 Å². The fraction of sp³-hybridized carbons (Fsp3) is 0.579. The lowest BCUT2D eigenvalue weighted by molar-refractivity contribution is 0.580. The summed E-state index contributed by atoms with van der Waals surface area (Å²) in [4.78, 5) is 49.0. The molecule has 0 saturated heterocycles. The van der Waals surface area contributed by atoms with Gasteiger partial charge in [0.25, 0.3) is 0 Å². The zero-order valence-electron chi connectivity index (χ0n) is 30.2. The van der Waals surface area contributed by atoms with Gasteiger partial charge in [0.1, 0.15) is 34.7 Å². The standard InChI is InChI=1S/C38H52N10/c1-9-15-23-24(16-10-2)32-41-31(23)42-33-25(17-11-3)27(19-13-5)35(44-33)46-37-29-30(40-22(8)21(7)39-29)38(48-37)47-36-28(20-14-6)26(18-12-4)34(43-32)45-36/h29-30H,9-20H2,1-8H3,(H2,41,42,43,44,45,46,47,48). The zero-order chi connectivity index (χ0) is 33.9. The molecule has 6 rings (SSSR count). The SMILES string of the molecule is CCCC1=C(CCC)c2nc1nc1[nH]c(nc3nc(nc4[nH]c(n2)c(CCC)c4CCC)C2N=C(C)C(C)=NC32)c(CCC)c1CCC. The van der Waals surface area contributed by atoms with E-state index in [1.807, 2.05) is 13.8 Å². The Bertz CT molecular complexity index is 1810. The molecule has 6 heterocycles. The molecule has 0 amide bonds. The van der Waals surface area contributed by atoms with Gasteiger partial charge in [0.2, 0.25) is 0 Å². The first kappa shape index (κ1) is 33.8. The number of nitrogens with one attached hydrogen (secondary N) is 2. The summed E-state index contributed by atoms with van der Waals surface area (Å²) in [5.74, 6) is 2.82. The number of rotatable bonds is 12. The molecule has 0 spiro atoms. The molecule has 0 radical (unpaired) electrons. The van der Waals surface area contributed by atoms with E-state index in [0.29, 0.717) is 11.6 Å². The van der Waals surface area contributed by atoms with Crippen molar-refractivity contribution in [3.05, 3.63) is 45.6 Å². The van der Waals surface area contributed by atoms with Crippen LogP contribution in [-0.4, -0.2) is 51.3 Å². The summed E-state index contributed by atoms with van der Waals surface area (Å²) in [5.41, 5.74) is 12.4. The Morgan fingerprint density at radius 2 is 0.750 bits per heavy atom. The predicted octanol–water partition coefficient (Wildman–Crippen LogP) is 8.93. The first-order valence-electron chi connectivity index (χ1n) is 18.4. The lowest BCUT2D eigenvalue weighted by atomic mass is 10.0. The predicted molar refractivity (Wildman–Crippen MR) is 196 cm³/mol. The second-order valence-electron chi connectivity index (χ2n) is 13.4. The summed E-state index contributed by atoms with van der Waals surface area (Å²) in [6, 6.07) is -0.655. The van der Waals surface area contributed by atoms with E-state index in [9.17, 15) is 0 Å². The first-order valence-corrected chi connectivity index (χ1v) is 18.4. The number of aromatic nitrogens is 8. The van der Waals surface area contributed by atoms with E-state index in [4.69, 9.17) is 39.9 Å². The minimum atomic E-state index is -0.327. The summed E-state index contributed by atoms with van der Waals surface area (Å²) in [7, 11) is 0.